The van der Waals surface area contributed by atoms with Crippen LogP contribution in [0.2, 0.25) is 5.02 Å². The maximum Gasteiger partial charge on any atom is 0.417 e. The van der Waals surface area contributed by atoms with E-state index in [1.807, 2.05) is 42.5 Å². The van der Waals surface area contributed by atoms with Gasteiger partial charge in [0.1, 0.15) is 0 Å². The lowest BCUT2D eigenvalue weighted by molar-refractivity contribution is -0.137. The maximum atomic E-state index is 13.5. The topological polar surface area (TPSA) is 32.6 Å². The molecular weight excluding hydrogens is 437 g/mol. The van der Waals surface area contributed by atoms with Gasteiger partial charge in [-0.3, -0.25) is 4.90 Å². The van der Waals surface area contributed by atoms with Gasteiger partial charge in [0.2, 0.25) is 0 Å². The molecular formula is C24H22ClF3N4. The second-order valence-corrected chi connectivity index (χ2v) is 8.52. The fourth-order valence-corrected chi connectivity index (χ4v) is 4.55. The molecule has 0 radical (unpaired) electrons. The Kier molecular flexibility index (Phi) is 5.57. The van der Waals surface area contributed by atoms with Gasteiger partial charge in [-0.2, -0.15) is 13.2 Å². The number of alkyl halides is 3. The van der Waals surface area contributed by atoms with Gasteiger partial charge in [-0.1, -0.05) is 48.0 Å². The normalized spacial score (nSPS) is 16.0. The zero-order valence-electron chi connectivity index (χ0n) is 17.3. The monoisotopic (exact) mass is 458 g/mol. The Morgan fingerprint density at radius 3 is 2.62 bits per heavy atom. The van der Waals surface area contributed by atoms with E-state index in [0.29, 0.717) is 23.6 Å². The summed E-state index contributed by atoms with van der Waals surface area (Å²) in [5, 5.41) is 5.50. The van der Waals surface area contributed by atoms with Crippen LogP contribution in [0, 0.1) is 0 Å². The zero-order valence-corrected chi connectivity index (χ0v) is 18.0. The lowest BCUT2D eigenvalue weighted by Gasteiger charge is -2.20. The van der Waals surface area contributed by atoms with Crippen LogP contribution in [-0.2, 0) is 12.7 Å². The number of imidazole rings is 1. The van der Waals surface area contributed by atoms with Crippen molar-refractivity contribution in [1.29, 1.82) is 0 Å². The molecule has 32 heavy (non-hydrogen) atoms. The number of nitrogens with zero attached hydrogens (tertiary/aromatic N) is 3. The molecule has 0 spiro atoms. The third-order valence-corrected chi connectivity index (χ3v) is 6.21. The molecule has 1 N–H and O–H groups in total. The minimum Gasteiger partial charge on any atom is -0.315 e. The molecule has 0 bridgehead atoms. The predicted octanol–water partition coefficient (Wildman–Crippen LogP) is 5.62. The number of hydrogen-bond donors (Lipinski definition) is 1. The lowest BCUT2D eigenvalue weighted by atomic mass is 10.0. The maximum absolute atomic E-state index is 13.5. The average Bonchev–Trinajstić information content (AvgIpc) is 2.94. The van der Waals surface area contributed by atoms with Crippen molar-refractivity contribution in [3.8, 4) is 11.3 Å². The molecule has 2 aromatic carbocycles. The SMILES string of the molecule is FC(F)(F)c1cc(Cl)c2nc(-c3ccc4ccccc4c3)c(CN3CCCNCC3)n2c1. The number of fused-ring (bicyclic) bond motifs is 2. The van der Waals surface area contributed by atoms with Gasteiger partial charge in [0.05, 0.1) is 22.0 Å². The first kappa shape index (κ1) is 21.2. The first-order valence-electron chi connectivity index (χ1n) is 10.6. The van der Waals surface area contributed by atoms with E-state index in [0.717, 1.165) is 61.2 Å². The Morgan fingerprint density at radius 2 is 1.81 bits per heavy atom. The van der Waals surface area contributed by atoms with Gasteiger partial charge in [-0.15, -0.1) is 0 Å². The number of nitrogens with one attached hydrogen (secondary N) is 1. The molecule has 4 nitrogen and oxygen atoms in total. The fourth-order valence-electron chi connectivity index (χ4n) is 4.30. The highest BCUT2D eigenvalue weighted by Crippen LogP contribution is 2.35. The third kappa shape index (κ3) is 4.08. The molecule has 8 heteroatoms. The summed E-state index contributed by atoms with van der Waals surface area (Å²) in [6.07, 6.45) is -2.39. The zero-order chi connectivity index (χ0) is 22.3. The largest absolute Gasteiger partial charge is 0.417 e. The highest BCUT2D eigenvalue weighted by Gasteiger charge is 2.33. The lowest BCUT2D eigenvalue weighted by Crippen LogP contribution is -2.28. The molecule has 0 aliphatic carbocycles. The van der Waals surface area contributed by atoms with Gasteiger partial charge in [-0.25, -0.2) is 4.98 Å². The van der Waals surface area contributed by atoms with E-state index in [1.54, 1.807) is 0 Å². The number of halogens is 4. The Labute approximate surface area is 188 Å². The van der Waals surface area contributed by atoms with E-state index in [2.05, 4.69) is 10.2 Å². The Bertz CT molecular complexity index is 1270. The van der Waals surface area contributed by atoms with Crippen LogP contribution >= 0.6 is 11.6 Å². The van der Waals surface area contributed by atoms with Crippen LogP contribution < -0.4 is 5.32 Å². The molecule has 166 valence electrons. The molecule has 0 saturated carbocycles. The van der Waals surface area contributed by atoms with E-state index >= 15 is 0 Å². The second kappa shape index (κ2) is 8.39. The summed E-state index contributed by atoms with van der Waals surface area (Å²) in [6.45, 7) is 3.95. The Balaban J connectivity index is 1.70. The third-order valence-electron chi connectivity index (χ3n) is 5.93. The number of aromatic nitrogens is 2. The highest BCUT2D eigenvalue weighted by molar-refractivity contribution is 6.33. The molecule has 1 aliphatic heterocycles. The summed E-state index contributed by atoms with van der Waals surface area (Å²) in [7, 11) is 0. The van der Waals surface area contributed by atoms with Crippen LogP contribution in [0.3, 0.4) is 0 Å². The van der Waals surface area contributed by atoms with Gasteiger partial charge >= 0.3 is 6.18 Å². The summed E-state index contributed by atoms with van der Waals surface area (Å²) in [4.78, 5) is 6.97. The summed E-state index contributed by atoms with van der Waals surface area (Å²) < 4.78 is 42.1. The summed E-state index contributed by atoms with van der Waals surface area (Å²) in [5.74, 6) is 0. The van der Waals surface area contributed by atoms with Crippen molar-refractivity contribution in [2.45, 2.75) is 19.1 Å². The summed E-state index contributed by atoms with van der Waals surface area (Å²) in [5.41, 5.74) is 1.79. The fraction of sp³-hybridized carbons (Fsp3) is 0.292. The van der Waals surface area contributed by atoms with Crippen LogP contribution in [0.1, 0.15) is 17.7 Å². The van der Waals surface area contributed by atoms with E-state index in [-0.39, 0.29) is 5.02 Å². The molecule has 0 atom stereocenters. The number of benzene rings is 2. The molecule has 3 heterocycles. The molecule has 1 saturated heterocycles. The van der Waals surface area contributed by atoms with Crippen LogP contribution in [-0.4, -0.2) is 40.5 Å². The van der Waals surface area contributed by atoms with Crippen LogP contribution in [0.4, 0.5) is 13.2 Å². The summed E-state index contributed by atoms with van der Waals surface area (Å²) >= 11 is 6.30. The molecule has 2 aromatic heterocycles. The van der Waals surface area contributed by atoms with Gasteiger partial charge in [0, 0.05) is 31.4 Å². The minimum absolute atomic E-state index is 0.00866. The standard InChI is InChI=1S/C24H22ClF3N4/c25-20-13-19(24(26,27)28)14-32-21(15-31-10-3-8-29-9-11-31)22(30-23(20)32)18-7-6-16-4-1-2-5-17(16)12-18/h1-2,4-7,12-14,29H,3,8-11,15H2. The average molecular weight is 459 g/mol. The van der Waals surface area contributed by atoms with Gasteiger partial charge in [0.25, 0.3) is 0 Å². The van der Waals surface area contributed by atoms with E-state index < -0.39 is 11.7 Å². The van der Waals surface area contributed by atoms with Crippen molar-refractivity contribution < 1.29 is 13.2 Å². The van der Waals surface area contributed by atoms with Crippen LogP contribution in [0.5, 0.6) is 0 Å². The van der Waals surface area contributed by atoms with Crippen molar-refractivity contribution in [3.63, 3.8) is 0 Å². The second-order valence-electron chi connectivity index (χ2n) is 8.12. The highest BCUT2D eigenvalue weighted by atomic mass is 35.5. The van der Waals surface area contributed by atoms with E-state index in [4.69, 9.17) is 16.6 Å². The van der Waals surface area contributed by atoms with Gasteiger partial charge < -0.3 is 9.72 Å². The van der Waals surface area contributed by atoms with Crippen molar-refractivity contribution in [2.24, 2.45) is 0 Å². The number of pyridine rings is 1. The first-order valence-corrected chi connectivity index (χ1v) is 11.0. The van der Waals surface area contributed by atoms with Crippen molar-refractivity contribution >= 4 is 28.0 Å². The first-order chi connectivity index (χ1) is 15.4. The molecule has 1 aliphatic rings. The molecule has 4 aromatic rings. The van der Waals surface area contributed by atoms with Gasteiger partial charge in [0.15, 0.2) is 5.65 Å². The molecule has 0 amide bonds. The van der Waals surface area contributed by atoms with Crippen molar-refractivity contribution in [3.05, 3.63) is 71.0 Å². The Hall–Kier alpha value is -2.61. The molecule has 1 fully saturated rings. The van der Waals surface area contributed by atoms with Crippen LogP contribution in [0.15, 0.2) is 54.7 Å². The van der Waals surface area contributed by atoms with Crippen molar-refractivity contribution in [2.75, 3.05) is 26.2 Å². The summed E-state index contributed by atoms with van der Waals surface area (Å²) in [6, 6.07) is 14.9. The van der Waals surface area contributed by atoms with E-state index in [1.165, 1.54) is 4.40 Å². The number of hydrogen-bond acceptors (Lipinski definition) is 3. The number of rotatable bonds is 3. The van der Waals surface area contributed by atoms with Crippen molar-refractivity contribution in [1.82, 2.24) is 19.6 Å². The van der Waals surface area contributed by atoms with Crippen LogP contribution in [0.25, 0.3) is 27.7 Å². The van der Waals surface area contributed by atoms with E-state index in [9.17, 15) is 13.2 Å². The molecule has 5 rings (SSSR count). The molecule has 0 unspecified atom stereocenters. The Morgan fingerprint density at radius 1 is 1.00 bits per heavy atom. The predicted molar refractivity (Wildman–Crippen MR) is 121 cm³/mol. The van der Waals surface area contributed by atoms with Gasteiger partial charge in [-0.05, 0) is 42.4 Å². The quantitative estimate of drug-likeness (QED) is 0.432. The minimum atomic E-state index is -4.49. The smallest absolute Gasteiger partial charge is 0.315 e.